The van der Waals surface area contributed by atoms with Gasteiger partial charge in [0.15, 0.2) is 5.96 Å². The average molecular weight is 431 g/mol. The summed E-state index contributed by atoms with van der Waals surface area (Å²) in [7, 11) is 3.99. The Morgan fingerprint density at radius 2 is 1.87 bits per heavy atom. The minimum atomic E-state index is -0.0407. The van der Waals surface area contributed by atoms with Gasteiger partial charge in [-0.05, 0) is 78.5 Å². The SMILES string of the molecule is CCNC(=NCc1cccc(C(=O)NCCN(C)C)c1)NCC(C)(C)N1CCCCC1. The van der Waals surface area contributed by atoms with Crippen molar-refractivity contribution in [1.29, 1.82) is 0 Å². The molecule has 1 aliphatic rings. The first kappa shape index (κ1) is 25.1. The van der Waals surface area contributed by atoms with Crippen molar-refractivity contribution in [3.63, 3.8) is 0 Å². The van der Waals surface area contributed by atoms with Crippen LogP contribution in [0.25, 0.3) is 0 Å². The molecule has 2 rings (SSSR count). The lowest BCUT2D eigenvalue weighted by Crippen LogP contribution is -2.54. The van der Waals surface area contributed by atoms with Crippen molar-refractivity contribution in [2.75, 3.05) is 53.4 Å². The number of rotatable bonds is 10. The Morgan fingerprint density at radius 3 is 2.55 bits per heavy atom. The highest BCUT2D eigenvalue weighted by Gasteiger charge is 2.27. The number of aliphatic imine (C=N–C) groups is 1. The summed E-state index contributed by atoms with van der Waals surface area (Å²) < 4.78 is 0. The molecule has 0 saturated carbocycles. The molecule has 1 heterocycles. The molecule has 0 atom stereocenters. The highest BCUT2D eigenvalue weighted by Crippen LogP contribution is 2.19. The Hall–Kier alpha value is -2.12. The Morgan fingerprint density at radius 1 is 1.13 bits per heavy atom. The first-order valence-electron chi connectivity index (χ1n) is 11.6. The average Bonchev–Trinajstić information content (AvgIpc) is 2.76. The summed E-state index contributed by atoms with van der Waals surface area (Å²) in [5.41, 5.74) is 1.78. The van der Waals surface area contributed by atoms with Gasteiger partial charge in [0.05, 0.1) is 6.54 Å². The van der Waals surface area contributed by atoms with E-state index in [9.17, 15) is 4.79 Å². The van der Waals surface area contributed by atoms with Crippen LogP contribution in [0, 0.1) is 0 Å². The third-order valence-corrected chi connectivity index (χ3v) is 5.70. The van der Waals surface area contributed by atoms with Gasteiger partial charge in [0.2, 0.25) is 0 Å². The van der Waals surface area contributed by atoms with Crippen LogP contribution in [0.5, 0.6) is 0 Å². The van der Waals surface area contributed by atoms with Gasteiger partial charge in [-0.15, -0.1) is 0 Å². The number of benzene rings is 1. The number of amides is 1. The van der Waals surface area contributed by atoms with Crippen LogP contribution in [0.2, 0.25) is 0 Å². The van der Waals surface area contributed by atoms with E-state index in [4.69, 9.17) is 4.99 Å². The molecular weight excluding hydrogens is 388 g/mol. The number of hydrogen-bond acceptors (Lipinski definition) is 4. The van der Waals surface area contributed by atoms with Crippen LogP contribution >= 0.6 is 0 Å². The Bertz CT molecular complexity index is 710. The van der Waals surface area contributed by atoms with Crippen molar-refractivity contribution >= 4 is 11.9 Å². The summed E-state index contributed by atoms with van der Waals surface area (Å²) in [5.74, 6) is 0.773. The summed E-state index contributed by atoms with van der Waals surface area (Å²) in [5, 5.41) is 9.82. The molecule has 7 nitrogen and oxygen atoms in total. The lowest BCUT2D eigenvalue weighted by molar-refractivity contribution is 0.0950. The van der Waals surface area contributed by atoms with Crippen LogP contribution in [-0.4, -0.2) is 80.6 Å². The lowest BCUT2D eigenvalue weighted by Gasteiger charge is -2.41. The molecule has 0 spiro atoms. The normalized spacial score (nSPS) is 15.7. The van der Waals surface area contributed by atoms with E-state index < -0.39 is 0 Å². The van der Waals surface area contributed by atoms with Crippen LogP contribution in [0.4, 0.5) is 0 Å². The maximum atomic E-state index is 12.4. The lowest BCUT2D eigenvalue weighted by atomic mass is 9.98. The van der Waals surface area contributed by atoms with E-state index in [2.05, 4.69) is 41.6 Å². The molecule has 1 fully saturated rings. The minimum Gasteiger partial charge on any atom is -0.357 e. The third kappa shape index (κ3) is 8.87. The van der Waals surface area contributed by atoms with E-state index in [1.165, 1.54) is 32.4 Å². The van der Waals surface area contributed by atoms with Crippen LogP contribution < -0.4 is 16.0 Å². The van der Waals surface area contributed by atoms with Gasteiger partial charge in [-0.2, -0.15) is 0 Å². The first-order valence-corrected chi connectivity index (χ1v) is 11.6. The zero-order chi connectivity index (χ0) is 22.7. The highest BCUT2D eigenvalue weighted by atomic mass is 16.1. The number of guanidine groups is 1. The van der Waals surface area contributed by atoms with Gasteiger partial charge in [0.25, 0.3) is 5.91 Å². The fourth-order valence-electron chi connectivity index (χ4n) is 3.73. The molecule has 7 heteroatoms. The van der Waals surface area contributed by atoms with Crippen LogP contribution in [0.3, 0.4) is 0 Å². The zero-order valence-electron chi connectivity index (χ0n) is 20.1. The number of nitrogens with zero attached hydrogens (tertiary/aromatic N) is 3. The Balaban J connectivity index is 1.94. The van der Waals surface area contributed by atoms with Gasteiger partial charge >= 0.3 is 0 Å². The second kappa shape index (κ2) is 12.7. The monoisotopic (exact) mass is 430 g/mol. The number of hydrogen-bond donors (Lipinski definition) is 3. The van der Waals surface area contributed by atoms with E-state index in [-0.39, 0.29) is 11.4 Å². The van der Waals surface area contributed by atoms with E-state index in [1.807, 2.05) is 43.3 Å². The van der Waals surface area contributed by atoms with Crippen LogP contribution in [0.1, 0.15) is 56.0 Å². The Labute approximate surface area is 188 Å². The van der Waals surface area contributed by atoms with Gasteiger partial charge in [-0.3, -0.25) is 9.69 Å². The van der Waals surface area contributed by atoms with Gasteiger partial charge in [0.1, 0.15) is 0 Å². The van der Waals surface area contributed by atoms with Crippen molar-refractivity contribution in [3.8, 4) is 0 Å². The number of nitrogens with one attached hydrogen (secondary N) is 3. The van der Waals surface area contributed by atoms with Crippen LogP contribution in [0.15, 0.2) is 29.3 Å². The van der Waals surface area contributed by atoms with Crippen molar-refractivity contribution in [2.24, 2.45) is 4.99 Å². The van der Waals surface area contributed by atoms with Crippen LogP contribution in [-0.2, 0) is 6.54 Å². The molecule has 1 aromatic carbocycles. The van der Waals surface area contributed by atoms with E-state index in [0.717, 1.165) is 31.2 Å². The topological polar surface area (TPSA) is 72.0 Å². The molecule has 3 N–H and O–H groups in total. The van der Waals surface area contributed by atoms with Crippen molar-refractivity contribution < 1.29 is 4.79 Å². The second-order valence-electron chi connectivity index (χ2n) is 9.17. The summed E-state index contributed by atoms with van der Waals surface area (Å²) >= 11 is 0. The maximum Gasteiger partial charge on any atom is 0.251 e. The van der Waals surface area contributed by atoms with Crippen molar-refractivity contribution in [3.05, 3.63) is 35.4 Å². The molecule has 0 bridgehead atoms. The van der Waals surface area contributed by atoms with E-state index in [0.29, 0.717) is 18.7 Å². The van der Waals surface area contributed by atoms with E-state index in [1.54, 1.807) is 0 Å². The van der Waals surface area contributed by atoms with Gasteiger partial charge in [-0.1, -0.05) is 18.6 Å². The van der Waals surface area contributed by atoms with Gasteiger partial charge in [0, 0.05) is 37.3 Å². The number of carbonyl (C=O) groups is 1. The molecule has 174 valence electrons. The predicted octanol–water partition coefficient (Wildman–Crippen LogP) is 2.30. The smallest absolute Gasteiger partial charge is 0.251 e. The Kier molecular flexibility index (Phi) is 10.3. The van der Waals surface area contributed by atoms with Crippen molar-refractivity contribution in [2.45, 2.75) is 52.1 Å². The van der Waals surface area contributed by atoms with E-state index >= 15 is 0 Å². The molecule has 31 heavy (non-hydrogen) atoms. The summed E-state index contributed by atoms with van der Waals surface area (Å²) in [4.78, 5) is 21.8. The fourth-order valence-corrected chi connectivity index (χ4v) is 3.73. The second-order valence-corrected chi connectivity index (χ2v) is 9.17. The highest BCUT2D eigenvalue weighted by molar-refractivity contribution is 5.94. The molecule has 0 radical (unpaired) electrons. The summed E-state index contributed by atoms with van der Waals surface area (Å²) in [6.07, 6.45) is 3.92. The predicted molar refractivity (Wildman–Crippen MR) is 130 cm³/mol. The molecule has 1 amide bonds. The number of likely N-dealkylation sites (tertiary alicyclic amines) is 1. The van der Waals surface area contributed by atoms with Crippen molar-refractivity contribution in [1.82, 2.24) is 25.8 Å². The molecule has 0 aliphatic carbocycles. The molecule has 0 unspecified atom stereocenters. The fraction of sp³-hybridized carbons (Fsp3) is 0.667. The summed E-state index contributed by atoms with van der Waals surface area (Å²) in [6, 6.07) is 7.71. The van der Waals surface area contributed by atoms with Gasteiger partial charge in [-0.25, -0.2) is 4.99 Å². The summed E-state index contributed by atoms with van der Waals surface area (Å²) in [6.45, 7) is 12.6. The van der Waals surface area contributed by atoms with Gasteiger partial charge < -0.3 is 20.9 Å². The minimum absolute atomic E-state index is 0.0407. The first-order chi connectivity index (χ1) is 14.8. The quantitative estimate of drug-likeness (QED) is 0.392. The molecule has 1 aliphatic heterocycles. The number of piperidine rings is 1. The zero-order valence-corrected chi connectivity index (χ0v) is 20.1. The maximum absolute atomic E-state index is 12.4. The molecule has 1 saturated heterocycles. The molecule has 0 aromatic heterocycles. The number of likely N-dealkylation sites (N-methyl/N-ethyl adjacent to an activating group) is 1. The molecule has 1 aromatic rings. The number of carbonyl (C=O) groups excluding carboxylic acids is 1. The standard InChI is InChI=1S/C24H42N6O/c1-6-25-23(28-19-24(2,3)30-14-8-7-9-15-30)27-18-20-11-10-12-21(17-20)22(31)26-13-16-29(4)5/h10-12,17H,6-9,13-16,18-19H2,1-5H3,(H,26,31)(H2,25,27,28). The largest absolute Gasteiger partial charge is 0.357 e. The third-order valence-electron chi connectivity index (χ3n) is 5.70. The molecular formula is C24H42N6O.